The van der Waals surface area contributed by atoms with Crippen LogP contribution >= 0.6 is 15.9 Å². The lowest BCUT2D eigenvalue weighted by atomic mass is 9.88. The van der Waals surface area contributed by atoms with E-state index >= 15 is 0 Å². The third-order valence-electron chi connectivity index (χ3n) is 1.15. The Hall–Kier alpha value is -0.310. The van der Waals surface area contributed by atoms with Crippen LogP contribution in [0.5, 0.6) is 0 Å². The molecule has 0 unspecified atom stereocenters. The maximum atomic E-state index is 10.5. The van der Waals surface area contributed by atoms with E-state index in [0.29, 0.717) is 5.57 Å². The third kappa shape index (κ3) is 2.52. The third-order valence-corrected chi connectivity index (χ3v) is 1.61. The van der Waals surface area contributed by atoms with Gasteiger partial charge in [0.25, 0.3) is 0 Å². The van der Waals surface area contributed by atoms with Crippen LogP contribution in [0, 0.1) is 5.41 Å². The molecule has 0 aromatic carbocycles. The summed E-state index contributed by atoms with van der Waals surface area (Å²) in [6.45, 7) is 5.57. The molecule has 0 aliphatic carbocycles. The molecular weight excluding hydrogens is 196 g/mol. The highest BCUT2D eigenvalue weighted by Crippen LogP contribution is 2.25. The van der Waals surface area contributed by atoms with E-state index in [4.69, 9.17) is 5.11 Å². The van der Waals surface area contributed by atoms with Gasteiger partial charge in [0.05, 0.1) is 0 Å². The first-order chi connectivity index (χ1) is 4.39. The van der Waals surface area contributed by atoms with Gasteiger partial charge < -0.3 is 5.11 Å². The fourth-order valence-corrected chi connectivity index (χ4v) is 1.41. The Balaban J connectivity index is 4.56. The van der Waals surface area contributed by atoms with Crippen molar-refractivity contribution in [2.24, 2.45) is 5.41 Å². The first-order valence-electron chi connectivity index (χ1n) is 2.93. The molecule has 0 saturated heterocycles. The van der Waals surface area contributed by atoms with E-state index in [1.54, 1.807) is 0 Å². The number of aliphatic carboxylic acids is 1. The van der Waals surface area contributed by atoms with Gasteiger partial charge in [-0.25, -0.2) is 4.79 Å². The van der Waals surface area contributed by atoms with Crippen LogP contribution in [0.1, 0.15) is 20.8 Å². The van der Waals surface area contributed by atoms with Gasteiger partial charge >= 0.3 is 5.97 Å². The van der Waals surface area contributed by atoms with E-state index in [1.165, 1.54) is 4.99 Å². The van der Waals surface area contributed by atoms with Crippen LogP contribution in [-0.4, -0.2) is 11.1 Å². The molecule has 58 valence electrons. The summed E-state index contributed by atoms with van der Waals surface area (Å²) in [4.78, 5) is 11.9. The van der Waals surface area contributed by atoms with Gasteiger partial charge in [0, 0.05) is 5.57 Å². The summed E-state index contributed by atoms with van der Waals surface area (Å²) in [5, 5.41) is 8.61. The van der Waals surface area contributed by atoms with Gasteiger partial charge in [0.2, 0.25) is 0 Å². The summed E-state index contributed by atoms with van der Waals surface area (Å²) in [6.07, 6.45) is 0. The maximum absolute atomic E-state index is 10.5. The molecule has 2 nitrogen and oxygen atoms in total. The number of rotatable bonds is 1. The molecule has 0 aliphatic rings. The molecule has 0 saturated carbocycles. The lowest BCUT2D eigenvalue weighted by molar-refractivity contribution is -0.133. The molecule has 0 aromatic heterocycles. The molecule has 0 aliphatic heterocycles. The quantitative estimate of drug-likeness (QED) is 0.670. The van der Waals surface area contributed by atoms with Gasteiger partial charge in [-0.3, -0.25) is 0 Å². The second kappa shape index (κ2) is 3.19. The molecule has 0 heterocycles. The second-order valence-electron chi connectivity index (χ2n) is 3.08. The molecule has 0 atom stereocenters. The Morgan fingerprint density at radius 2 is 1.90 bits per heavy atom. The van der Waals surface area contributed by atoms with E-state index in [1.807, 2.05) is 20.8 Å². The van der Waals surface area contributed by atoms with Crippen LogP contribution in [-0.2, 0) is 4.79 Å². The lowest BCUT2D eigenvalue weighted by Gasteiger charge is -2.17. The van der Waals surface area contributed by atoms with Gasteiger partial charge in [-0.15, -0.1) is 0 Å². The van der Waals surface area contributed by atoms with Gasteiger partial charge in [-0.1, -0.05) is 36.7 Å². The predicted molar refractivity (Wildman–Crippen MR) is 44.1 cm³/mol. The molecule has 0 amide bonds. The molecule has 1 N–H and O–H groups in total. The Kier molecular flexibility index (Phi) is 3.09. The summed E-state index contributed by atoms with van der Waals surface area (Å²) in [5.41, 5.74) is 0.0856. The van der Waals surface area contributed by atoms with Crippen molar-refractivity contribution in [3.8, 4) is 0 Å². The largest absolute Gasteiger partial charge is 0.478 e. The first kappa shape index (κ1) is 9.69. The predicted octanol–water partition coefficient (Wildman–Crippen LogP) is 2.40. The average Bonchev–Trinajstić information content (AvgIpc) is 1.60. The smallest absolute Gasteiger partial charge is 0.332 e. The van der Waals surface area contributed by atoms with Crippen molar-refractivity contribution in [2.45, 2.75) is 20.8 Å². The minimum absolute atomic E-state index is 0.296. The van der Waals surface area contributed by atoms with E-state index in [-0.39, 0.29) is 5.41 Å². The van der Waals surface area contributed by atoms with E-state index < -0.39 is 5.97 Å². The minimum atomic E-state index is -0.871. The van der Waals surface area contributed by atoms with Crippen molar-refractivity contribution in [3.63, 3.8) is 0 Å². The summed E-state index contributed by atoms with van der Waals surface area (Å²) >= 11 is 3.01. The molecule has 0 spiro atoms. The average molecular weight is 207 g/mol. The summed E-state index contributed by atoms with van der Waals surface area (Å²) in [5.74, 6) is -0.871. The molecule has 10 heavy (non-hydrogen) atoms. The number of hydrogen-bond donors (Lipinski definition) is 1. The zero-order valence-corrected chi connectivity index (χ0v) is 7.90. The zero-order chi connectivity index (χ0) is 8.36. The highest BCUT2D eigenvalue weighted by molar-refractivity contribution is 9.11. The van der Waals surface area contributed by atoms with Crippen molar-refractivity contribution >= 4 is 21.9 Å². The van der Waals surface area contributed by atoms with E-state index in [9.17, 15) is 4.79 Å². The van der Waals surface area contributed by atoms with Gasteiger partial charge in [0.15, 0.2) is 0 Å². The number of carboxylic acids is 1. The fourth-order valence-electron chi connectivity index (χ4n) is 0.531. The Labute approximate surface area is 69.1 Å². The number of carboxylic acid groups (broad SMARTS) is 1. The summed E-state index contributed by atoms with van der Waals surface area (Å²) in [7, 11) is 0. The number of hydrogen-bond acceptors (Lipinski definition) is 1. The van der Waals surface area contributed by atoms with Crippen molar-refractivity contribution in [3.05, 3.63) is 10.6 Å². The van der Waals surface area contributed by atoms with Crippen LogP contribution in [0.15, 0.2) is 10.6 Å². The molecule has 3 heteroatoms. The van der Waals surface area contributed by atoms with E-state index in [2.05, 4.69) is 15.9 Å². The van der Waals surface area contributed by atoms with Gasteiger partial charge in [-0.05, 0) is 10.4 Å². The lowest BCUT2D eigenvalue weighted by Crippen LogP contribution is -2.16. The van der Waals surface area contributed by atoms with Gasteiger partial charge in [-0.2, -0.15) is 0 Å². The summed E-state index contributed by atoms with van der Waals surface area (Å²) in [6, 6.07) is 0. The first-order valence-corrected chi connectivity index (χ1v) is 3.85. The van der Waals surface area contributed by atoms with Crippen molar-refractivity contribution in [1.29, 1.82) is 0 Å². The van der Waals surface area contributed by atoms with Crippen LogP contribution in [0.2, 0.25) is 0 Å². The summed E-state index contributed by atoms with van der Waals surface area (Å²) < 4.78 is 0. The van der Waals surface area contributed by atoms with Crippen LogP contribution in [0.3, 0.4) is 0 Å². The monoisotopic (exact) mass is 206 g/mol. The van der Waals surface area contributed by atoms with Crippen LogP contribution in [0.4, 0.5) is 0 Å². The molecule has 0 aromatic rings. The Bertz CT molecular complexity index is 165. The van der Waals surface area contributed by atoms with Crippen molar-refractivity contribution in [2.75, 3.05) is 0 Å². The van der Waals surface area contributed by atoms with E-state index in [0.717, 1.165) is 0 Å². The van der Waals surface area contributed by atoms with Crippen LogP contribution < -0.4 is 0 Å². The fraction of sp³-hybridized carbons (Fsp3) is 0.571. The normalized spacial score (nSPS) is 13.4. The van der Waals surface area contributed by atoms with Crippen molar-refractivity contribution in [1.82, 2.24) is 0 Å². The van der Waals surface area contributed by atoms with Gasteiger partial charge in [0.1, 0.15) is 0 Å². The molecule has 0 radical (unpaired) electrons. The SMILES string of the molecule is CC(C)(C)C(=CBr)C(=O)O. The Morgan fingerprint density at radius 3 is 1.90 bits per heavy atom. The molecular formula is C7H11BrO2. The standard InChI is InChI=1S/C7H11BrO2/c1-7(2,3)5(4-8)6(9)10/h4H,1-3H3,(H,9,10). The molecule has 0 bridgehead atoms. The van der Waals surface area contributed by atoms with Crippen LogP contribution in [0.25, 0.3) is 0 Å². The second-order valence-corrected chi connectivity index (χ2v) is 3.54. The highest BCUT2D eigenvalue weighted by atomic mass is 79.9. The highest BCUT2D eigenvalue weighted by Gasteiger charge is 2.22. The minimum Gasteiger partial charge on any atom is -0.478 e. The Morgan fingerprint density at radius 1 is 1.50 bits per heavy atom. The topological polar surface area (TPSA) is 37.3 Å². The maximum Gasteiger partial charge on any atom is 0.332 e. The molecule has 0 fully saturated rings. The number of carbonyl (C=O) groups is 1. The zero-order valence-electron chi connectivity index (χ0n) is 6.31. The molecule has 0 rings (SSSR count). The van der Waals surface area contributed by atoms with Crippen molar-refractivity contribution < 1.29 is 9.90 Å². The number of halogens is 1.